The lowest BCUT2D eigenvalue weighted by atomic mass is 9.95. The van der Waals surface area contributed by atoms with E-state index in [1.807, 2.05) is 25.7 Å². The van der Waals surface area contributed by atoms with Crippen LogP contribution in [0.1, 0.15) is 44.5 Å². The molecule has 0 saturated heterocycles. The fourth-order valence-electron chi connectivity index (χ4n) is 2.21. The summed E-state index contributed by atoms with van der Waals surface area (Å²) in [7, 11) is 1.88. The maximum absolute atomic E-state index is 5.59. The highest BCUT2D eigenvalue weighted by Gasteiger charge is 2.22. The van der Waals surface area contributed by atoms with Gasteiger partial charge in [-0.1, -0.05) is 5.10 Å². The van der Waals surface area contributed by atoms with Crippen LogP contribution >= 0.6 is 11.8 Å². The highest BCUT2D eigenvalue weighted by Crippen LogP contribution is 2.28. The lowest BCUT2D eigenvalue weighted by Crippen LogP contribution is -2.27. The van der Waals surface area contributed by atoms with Gasteiger partial charge in [0.05, 0.1) is 6.04 Å². The molecule has 0 bridgehead atoms. The van der Waals surface area contributed by atoms with Crippen LogP contribution in [0.3, 0.4) is 0 Å². The molecule has 1 atom stereocenters. The molecule has 2 N–H and O–H groups in total. The van der Waals surface area contributed by atoms with Gasteiger partial charge in [-0.15, -0.1) is 5.10 Å². The van der Waals surface area contributed by atoms with E-state index in [1.54, 1.807) is 0 Å². The third-order valence-corrected chi connectivity index (χ3v) is 4.72. The van der Waals surface area contributed by atoms with Crippen LogP contribution in [0.25, 0.3) is 0 Å². The minimum absolute atomic E-state index is 0.0975. The van der Waals surface area contributed by atoms with Crippen molar-refractivity contribution >= 4 is 17.8 Å². The number of hydrogen-bond acceptors (Lipinski definition) is 6. The predicted molar refractivity (Wildman–Crippen MR) is 75.0 cm³/mol. The molecule has 0 radical (unpaired) electrons. The molecule has 2 rings (SSSR count). The predicted octanol–water partition coefficient (Wildman–Crippen LogP) is 2.44. The maximum Gasteiger partial charge on any atom is 0.315 e. The van der Waals surface area contributed by atoms with Gasteiger partial charge in [0.15, 0.2) is 0 Å². The molecule has 0 amide bonds. The van der Waals surface area contributed by atoms with Crippen LogP contribution in [0.15, 0.2) is 4.42 Å². The van der Waals surface area contributed by atoms with Crippen molar-refractivity contribution in [2.75, 3.05) is 18.6 Å². The molecule has 0 spiro atoms. The number of thioether (sulfide) groups is 1. The summed E-state index contributed by atoms with van der Waals surface area (Å²) in [6.07, 6.45) is 7.11. The van der Waals surface area contributed by atoms with Gasteiger partial charge < -0.3 is 15.1 Å². The van der Waals surface area contributed by atoms with Crippen molar-refractivity contribution in [3.05, 3.63) is 5.89 Å². The lowest BCUT2D eigenvalue weighted by Gasteiger charge is -2.27. The Morgan fingerprint density at radius 3 is 2.61 bits per heavy atom. The highest BCUT2D eigenvalue weighted by molar-refractivity contribution is 7.99. The molecular weight excluding hydrogens is 248 g/mol. The highest BCUT2D eigenvalue weighted by atomic mass is 32.2. The zero-order valence-electron chi connectivity index (χ0n) is 11.3. The van der Waals surface area contributed by atoms with Gasteiger partial charge in [0.2, 0.25) is 5.89 Å². The Hall–Kier alpha value is -0.750. The molecule has 1 aliphatic rings. The topological polar surface area (TPSA) is 63.0 Å². The first kappa shape index (κ1) is 13.7. The van der Waals surface area contributed by atoms with Crippen molar-refractivity contribution in [1.29, 1.82) is 0 Å². The minimum atomic E-state index is 0.0975. The van der Waals surface area contributed by atoms with E-state index in [2.05, 4.69) is 27.1 Å². The van der Waals surface area contributed by atoms with E-state index in [0.29, 0.717) is 17.9 Å². The Balaban J connectivity index is 1.85. The Morgan fingerprint density at radius 2 is 2.00 bits per heavy atom. The van der Waals surface area contributed by atoms with Gasteiger partial charge in [0.1, 0.15) is 0 Å². The fraction of sp³-hybridized carbons (Fsp3) is 0.833. The Morgan fingerprint density at radius 1 is 1.28 bits per heavy atom. The second-order valence-electron chi connectivity index (χ2n) is 4.81. The fourth-order valence-corrected chi connectivity index (χ4v) is 2.95. The van der Waals surface area contributed by atoms with E-state index in [0.717, 1.165) is 5.25 Å². The molecule has 18 heavy (non-hydrogen) atoms. The number of nitrogens with zero attached hydrogens (tertiary/aromatic N) is 2. The third-order valence-electron chi connectivity index (χ3n) is 3.58. The molecule has 1 aliphatic carbocycles. The van der Waals surface area contributed by atoms with Gasteiger partial charge in [-0.05, 0) is 45.9 Å². The molecule has 5 nitrogen and oxygen atoms in total. The molecule has 1 fully saturated rings. The van der Waals surface area contributed by atoms with Crippen molar-refractivity contribution in [2.45, 2.75) is 49.9 Å². The van der Waals surface area contributed by atoms with E-state index in [4.69, 9.17) is 4.42 Å². The van der Waals surface area contributed by atoms with Crippen LogP contribution in [0.4, 0.5) is 6.01 Å². The molecule has 102 valence electrons. The quantitative estimate of drug-likeness (QED) is 0.857. The number of hydrogen-bond donors (Lipinski definition) is 2. The standard InChI is InChI=1S/C12H22N4OS/c1-8(13-2)11-15-16-12(17-11)14-9-4-6-10(18-3)7-5-9/h8-10,13H,4-7H2,1-3H3,(H,14,16). The smallest absolute Gasteiger partial charge is 0.315 e. The van der Waals surface area contributed by atoms with Crippen molar-refractivity contribution in [3.8, 4) is 0 Å². The normalized spacial score (nSPS) is 25.9. The van der Waals surface area contributed by atoms with Gasteiger partial charge in [-0.25, -0.2) is 0 Å². The second-order valence-corrected chi connectivity index (χ2v) is 5.95. The average Bonchev–Trinajstić information content (AvgIpc) is 2.87. The van der Waals surface area contributed by atoms with E-state index < -0.39 is 0 Å². The van der Waals surface area contributed by atoms with Gasteiger partial charge >= 0.3 is 6.01 Å². The zero-order valence-corrected chi connectivity index (χ0v) is 12.1. The van der Waals surface area contributed by atoms with Gasteiger partial charge in [0.25, 0.3) is 0 Å². The number of rotatable bonds is 5. The van der Waals surface area contributed by atoms with E-state index in [9.17, 15) is 0 Å². The maximum atomic E-state index is 5.59. The zero-order chi connectivity index (χ0) is 13.0. The van der Waals surface area contributed by atoms with E-state index >= 15 is 0 Å². The summed E-state index contributed by atoms with van der Waals surface area (Å²) in [6, 6.07) is 1.13. The molecule has 6 heteroatoms. The molecular formula is C12H22N4OS. The monoisotopic (exact) mass is 270 g/mol. The summed E-state index contributed by atoms with van der Waals surface area (Å²) in [5.74, 6) is 0.637. The van der Waals surface area contributed by atoms with E-state index in [-0.39, 0.29) is 6.04 Å². The van der Waals surface area contributed by atoms with Gasteiger partial charge in [0, 0.05) is 11.3 Å². The van der Waals surface area contributed by atoms with Crippen LogP contribution < -0.4 is 10.6 Å². The Bertz CT molecular complexity index is 363. The SMILES string of the molecule is CNC(C)c1nnc(NC2CCC(SC)CC2)o1. The summed E-state index contributed by atoms with van der Waals surface area (Å²) in [6.45, 7) is 2.00. The van der Waals surface area contributed by atoms with Gasteiger partial charge in [-0.2, -0.15) is 11.8 Å². The van der Waals surface area contributed by atoms with Crippen LogP contribution in [0.2, 0.25) is 0 Å². The largest absolute Gasteiger partial charge is 0.406 e. The number of anilines is 1. The molecule has 0 aromatic carbocycles. The number of nitrogens with one attached hydrogen (secondary N) is 2. The van der Waals surface area contributed by atoms with Crippen LogP contribution in [0, 0.1) is 0 Å². The van der Waals surface area contributed by atoms with E-state index in [1.165, 1.54) is 25.7 Å². The lowest BCUT2D eigenvalue weighted by molar-refractivity contribution is 0.423. The first-order valence-corrected chi connectivity index (χ1v) is 7.81. The third kappa shape index (κ3) is 3.38. The van der Waals surface area contributed by atoms with Gasteiger partial charge in [-0.3, -0.25) is 0 Å². The molecule has 1 saturated carbocycles. The summed E-state index contributed by atoms with van der Waals surface area (Å²) in [5.41, 5.74) is 0. The molecule has 1 heterocycles. The first-order chi connectivity index (χ1) is 8.72. The van der Waals surface area contributed by atoms with Crippen molar-refractivity contribution in [2.24, 2.45) is 0 Å². The van der Waals surface area contributed by atoms with Crippen molar-refractivity contribution in [3.63, 3.8) is 0 Å². The molecule has 1 aromatic rings. The Labute approximate surface area is 112 Å². The summed E-state index contributed by atoms with van der Waals surface area (Å²) < 4.78 is 5.59. The van der Waals surface area contributed by atoms with Crippen LogP contribution in [-0.2, 0) is 0 Å². The summed E-state index contributed by atoms with van der Waals surface area (Å²) in [5, 5.41) is 15.3. The van der Waals surface area contributed by atoms with Crippen LogP contribution in [0.5, 0.6) is 0 Å². The summed E-state index contributed by atoms with van der Waals surface area (Å²) in [4.78, 5) is 0. The second kappa shape index (κ2) is 6.43. The van der Waals surface area contributed by atoms with Crippen molar-refractivity contribution < 1.29 is 4.42 Å². The Kier molecular flexibility index (Phi) is 4.88. The number of aromatic nitrogens is 2. The van der Waals surface area contributed by atoms with Crippen LogP contribution in [-0.4, -0.2) is 34.8 Å². The van der Waals surface area contributed by atoms with Crippen molar-refractivity contribution in [1.82, 2.24) is 15.5 Å². The average molecular weight is 270 g/mol. The molecule has 1 unspecified atom stereocenters. The first-order valence-electron chi connectivity index (χ1n) is 6.53. The molecule has 0 aliphatic heterocycles. The molecule has 1 aromatic heterocycles. The minimum Gasteiger partial charge on any atom is -0.406 e. The summed E-state index contributed by atoms with van der Waals surface area (Å²) >= 11 is 1.98.